The van der Waals surface area contributed by atoms with Crippen LogP contribution in [0.2, 0.25) is 0 Å². The molecule has 0 aliphatic heterocycles. The highest BCUT2D eigenvalue weighted by atomic mass is 79.9. The predicted octanol–water partition coefficient (Wildman–Crippen LogP) is 4.56. The molecule has 0 aliphatic carbocycles. The molecule has 0 N–H and O–H groups in total. The third kappa shape index (κ3) is 2.81. The molecule has 0 amide bonds. The lowest BCUT2D eigenvalue weighted by molar-refractivity contribution is 0.0997. The molecule has 2 aromatic rings. The van der Waals surface area contributed by atoms with E-state index >= 15 is 0 Å². The number of hydrogen-bond acceptors (Lipinski definition) is 3. The van der Waals surface area contributed by atoms with Gasteiger partial charge in [0.1, 0.15) is 0 Å². The lowest BCUT2D eigenvalue weighted by Crippen LogP contribution is -1.98. The molecule has 0 fully saturated rings. The fraction of sp³-hybridized carbons (Fsp3) is 0.250. The van der Waals surface area contributed by atoms with Crippen LogP contribution in [0.15, 0.2) is 28.1 Å². The van der Waals surface area contributed by atoms with Crippen molar-refractivity contribution in [2.45, 2.75) is 19.8 Å². The van der Waals surface area contributed by atoms with Gasteiger partial charge in [0.15, 0.2) is 5.78 Å². The second-order valence-electron chi connectivity index (χ2n) is 3.45. The molecule has 0 spiro atoms. The fourth-order valence-corrected chi connectivity index (χ4v) is 3.74. The predicted molar refractivity (Wildman–Crippen MR) is 73.8 cm³/mol. The van der Waals surface area contributed by atoms with Crippen LogP contribution in [0.1, 0.15) is 26.3 Å². The molecular formula is C12H11BrOS2. The highest BCUT2D eigenvalue weighted by Gasteiger charge is 2.10. The van der Waals surface area contributed by atoms with Crippen LogP contribution in [-0.4, -0.2) is 5.78 Å². The van der Waals surface area contributed by atoms with Gasteiger partial charge in [-0.15, -0.1) is 22.7 Å². The van der Waals surface area contributed by atoms with E-state index in [0.717, 1.165) is 20.6 Å². The van der Waals surface area contributed by atoms with E-state index in [1.165, 1.54) is 4.88 Å². The number of carbonyl (C=O) groups excluding carboxylic acids is 1. The highest BCUT2D eigenvalue weighted by Crippen LogP contribution is 2.23. The summed E-state index contributed by atoms with van der Waals surface area (Å²) in [5, 5.41) is 2.01. The van der Waals surface area contributed by atoms with E-state index in [0.29, 0.717) is 6.42 Å². The summed E-state index contributed by atoms with van der Waals surface area (Å²) in [7, 11) is 0. The van der Waals surface area contributed by atoms with E-state index in [2.05, 4.69) is 22.9 Å². The molecule has 0 saturated carbocycles. The van der Waals surface area contributed by atoms with Gasteiger partial charge >= 0.3 is 0 Å². The Hall–Kier alpha value is -0.450. The van der Waals surface area contributed by atoms with E-state index in [1.807, 2.05) is 23.6 Å². The van der Waals surface area contributed by atoms with Crippen LogP contribution >= 0.6 is 38.6 Å². The number of ketones is 1. The van der Waals surface area contributed by atoms with Crippen LogP contribution in [0.5, 0.6) is 0 Å². The Balaban J connectivity index is 2.08. The van der Waals surface area contributed by atoms with Gasteiger partial charge in [-0.25, -0.2) is 0 Å². The Morgan fingerprint density at radius 2 is 2.19 bits per heavy atom. The molecule has 0 atom stereocenters. The fourth-order valence-electron chi connectivity index (χ4n) is 1.41. The van der Waals surface area contributed by atoms with Gasteiger partial charge in [0, 0.05) is 26.0 Å². The van der Waals surface area contributed by atoms with E-state index in [4.69, 9.17) is 0 Å². The van der Waals surface area contributed by atoms with Gasteiger partial charge in [-0.2, -0.15) is 0 Å². The largest absolute Gasteiger partial charge is 0.293 e. The number of aryl methyl sites for hydroxylation is 1. The van der Waals surface area contributed by atoms with Gasteiger partial charge in [-0.05, 0) is 40.5 Å². The molecule has 2 rings (SSSR count). The molecule has 0 aliphatic rings. The average molecular weight is 315 g/mol. The smallest absolute Gasteiger partial charge is 0.177 e. The summed E-state index contributed by atoms with van der Waals surface area (Å²) in [4.78, 5) is 15.2. The van der Waals surface area contributed by atoms with Crippen molar-refractivity contribution in [2.75, 3.05) is 0 Å². The van der Waals surface area contributed by atoms with Gasteiger partial charge < -0.3 is 0 Å². The molecule has 0 unspecified atom stereocenters. The minimum Gasteiger partial charge on any atom is -0.293 e. The Kier molecular flexibility index (Phi) is 3.95. The Bertz CT molecular complexity index is 499. The van der Waals surface area contributed by atoms with Crippen molar-refractivity contribution in [3.8, 4) is 0 Å². The number of carbonyl (C=O) groups is 1. The lowest BCUT2D eigenvalue weighted by Gasteiger charge is -1.94. The first-order chi connectivity index (χ1) is 7.69. The topological polar surface area (TPSA) is 17.1 Å². The van der Waals surface area contributed by atoms with Gasteiger partial charge in [0.05, 0.1) is 4.88 Å². The SMILES string of the molecule is CCc1ccc(C(=O)Cc2cc(Br)cs2)s1. The van der Waals surface area contributed by atoms with E-state index < -0.39 is 0 Å². The van der Waals surface area contributed by atoms with E-state index in [9.17, 15) is 4.79 Å². The Labute approximate surface area is 111 Å². The quantitative estimate of drug-likeness (QED) is 0.756. The number of hydrogen-bond donors (Lipinski definition) is 0. The molecule has 84 valence electrons. The van der Waals surface area contributed by atoms with Crippen molar-refractivity contribution < 1.29 is 4.79 Å². The molecular weight excluding hydrogens is 304 g/mol. The first kappa shape index (κ1) is 12.0. The summed E-state index contributed by atoms with van der Waals surface area (Å²) in [5.74, 6) is 0.221. The molecule has 1 nitrogen and oxygen atoms in total. The summed E-state index contributed by atoms with van der Waals surface area (Å²) in [5.41, 5.74) is 0. The van der Waals surface area contributed by atoms with Crippen molar-refractivity contribution >= 4 is 44.4 Å². The number of Topliss-reactive ketones (excluding diaryl/α,β-unsaturated/α-hetero) is 1. The summed E-state index contributed by atoms with van der Waals surface area (Å²) in [6.07, 6.45) is 1.52. The van der Waals surface area contributed by atoms with Crippen molar-refractivity contribution in [3.63, 3.8) is 0 Å². The van der Waals surface area contributed by atoms with E-state index in [1.54, 1.807) is 22.7 Å². The zero-order valence-corrected chi connectivity index (χ0v) is 12.0. The molecule has 2 aromatic heterocycles. The number of halogens is 1. The first-order valence-corrected chi connectivity index (χ1v) is 7.52. The summed E-state index contributed by atoms with van der Waals surface area (Å²) >= 11 is 6.63. The molecule has 0 bridgehead atoms. The normalized spacial score (nSPS) is 10.6. The minimum atomic E-state index is 0.221. The Morgan fingerprint density at radius 3 is 2.75 bits per heavy atom. The standard InChI is InChI=1S/C12H11BrOS2/c1-2-9-3-4-12(16-9)11(14)6-10-5-8(13)7-15-10/h3-5,7H,2,6H2,1H3. The van der Waals surface area contributed by atoms with Gasteiger partial charge in [0.2, 0.25) is 0 Å². The van der Waals surface area contributed by atoms with Crippen molar-refractivity contribution in [3.05, 3.63) is 42.7 Å². The minimum absolute atomic E-state index is 0.221. The third-order valence-electron chi connectivity index (χ3n) is 2.24. The monoisotopic (exact) mass is 314 g/mol. The first-order valence-electron chi connectivity index (χ1n) is 5.04. The van der Waals surface area contributed by atoms with Gasteiger partial charge in [-0.3, -0.25) is 4.79 Å². The molecule has 0 saturated heterocycles. The maximum absolute atomic E-state index is 12.0. The van der Waals surface area contributed by atoms with Crippen LogP contribution < -0.4 is 0 Å². The second kappa shape index (κ2) is 5.25. The molecule has 0 aromatic carbocycles. The van der Waals surface area contributed by atoms with Crippen LogP contribution in [0, 0.1) is 0 Å². The van der Waals surface area contributed by atoms with Crippen LogP contribution in [0.25, 0.3) is 0 Å². The zero-order chi connectivity index (χ0) is 11.5. The molecule has 2 heterocycles. The molecule has 0 radical (unpaired) electrons. The summed E-state index contributed by atoms with van der Waals surface area (Å²) in [6, 6.07) is 5.99. The average Bonchev–Trinajstić information content (AvgIpc) is 2.87. The van der Waals surface area contributed by atoms with Crippen LogP contribution in [0.3, 0.4) is 0 Å². The zero-order valence-electron chi connectivity index (χ0n) is 8.83. The van der Waals surface area contributed by atoms with Crippen molar-refractivity contribution in [2.24, 2.45) is 0 Å². The molecule has 16 heavy (non-hydrogen) atoms. The third-order valence-corrected chi connectivity index (χ3v) is 5.21. The van der Waals surface area contributed by atoms with Gasteiger partial charge in [0.25, 0.3) is 0 Å². The van der Waals surface area contributed by atoms with Crippen LogP contribution in [-0.2, 0) is 12.8 Å². The highest BCUT2D eigenvalue weighted by molar-refractivity contribution is 9.10. The van der Waals surface area contributed by atoms with E-state index in [-0.39, 0.29) is 5.78 Å². The second-order valence-corrected chi connectivity index (χ2v) is 6.53. The van der Waals surface area contributed by atoms with Gasteiger partial charge in [-0.1, -0.05) is 6.92 Å². The van der Waals surface area contributed by atoms with Crippen molar-refractivity contribution in [1.29, 1.82) is 0 Å². The number of thiophene rings is 2. The Morgan fingerprint density at radius 1 is 1.38 bits per heavy atom. The molecule has 4 heteroatoms. The van der Waals surface area contributed by atoms with Crippen LogP contribution in [0.4, 0.5) is 0 Å². The summed E-state index contributed by atoms with van der Waals surface area (Å²) in [6.45, 7) is 2.11. The van der Waals surface area contributed by atoms with Crippen molar-refractivity contribution in [1.82, 2.24) is 0 Å². The summed E-state index contributed by atoms with van der Waals surface area (Å²) < 4.78 is 1.06. The maximum atomic E-state index is 12.0. The number of rotatable bonds is 4. The maximum Gasteiger partial charge on any atom is 0.177 e. The lowest BCUT2D eigenvalue weighted by atomic mass is 10.2.